The van der Waals surface area contributed by atoms with Gasteiger partial charge in [0, 0.05) is 18.4 Å². The van der Waals surface area contributed by atoms with Crippen molar-refractivity contribution in [1.29, 1.82) is 0 Å². The molecule has 2 rings (SSSR count). The molecule has 1 aliphatic rings. The highest BCUT2D eigenvalue weighted by Crippen LogP contribution is 2.19. The van der Waals surface area contributed by atoms with Crippen molar-refractivity contribution in [3.05, 3.63) is 41.7 Å². The van der Waals surface area contributed by atoms with Gasteiger partial charge in [-0.3, -0.25) is 4.79 Å². The number of fused-ring (bicyclic) bond motifs is 1. The number of aromatic nitrogens is 1. The monoisotopic (exact) mass is 232 g/mol. The molecule has 0 radical (unpaired) electrons. The van der Waals surface area contributed by atoms with Crippen LogP contribution in [0.5, 0.6) is 0 Å². The lowest BCUT2D eigenvalue weighted by atomic mass is 10.2. The summed E-state index contributed by atoms with van der Waals surface area (Å²) in [5.74, 6) is -0.0150. The van der Waals surface area contributed by atoms with Crippen LogP contribution >= 0.6 is 0 Å². The molecule has 0 aliphatic carbocycles. The van der Waals surface area contributed by atoms with Crippen molar-refractivity contribution in [2.24, 2.45) is 0 Å². The summed E-state index contributed by atoms with van der Waals surface area (Å²) in [5, 5.41) is 2.87. The Morgan fingerprint density at radius 1 is 1.41 bits per heavy atom. The first-order valence-corrected chi connectivity index (χ1v) is 6.02. The first-order valence-electron chi connectivity index (χ1n) is 6.02. The third-order valence-corrected chi connectivity index (χ3v) is 2.52. The van der Waals surface area contributed by atoms with Crippen molar-refractivity contribution >= 4 is 11.6 Å². The normalized spacial score (nSPS) is 14.9. The number of rotatable bonds is 1. The summed E-state index contributed by atoms with van der Waals surface area (Å²) in [7, 11) is 0. The van der Waals surface area contributed by atoms with Gasteiger partial charge in [-0.1, -0.05) is 19.9 Å². The van der Waals surface area contributed by atoms with E-state index in [1.807, 2.05) is 62.7 Å². The van der Waals surface area contributed by atoms with Crippen LogP contribution in [0.25, 0.3) is 5.70 Å². The van der Waals surface area contributed by atoms with Crippen LogP contribution in [-0.4, -0.2) is 17.0 Å². The number of hydrogen-bond acceptors (Lipinski definition) is 1. The first-order chi connectivity index (χ1) is 8.24. The average molecular weight is 232 g/mol. The zero-order chi connectivity index (χ0) is 12.8. The minimum atomic E-state index is -0.0150. The molecular weight excluding hydrogens is 212 g/mol. The van der Waals surface area contributed by atoms with E-state index in [1.165, 1.54) is 0 Å². The third-order valence-electron chi connectivity index (χ3n) is 2.52. The number of nitrogens with zero attached hydrogens (tertiary/aromatic N) is 1. The first kappa shape index (κ1) is 13.3. The Hall–Kier alpha value is -1.77. The SMILES string of the molecule is C/C=C\C1=C(C)CNC(=O)c2cccn21.CC. The van der Waals surface area contributed by atoms with Gasteiger partial charge >= 0.3 is 0 Å². The maximum Gasteiger partial charge on any atom is 0.268 e. The summed E-state index contributed by atoms with van der Waals surface area (Å²) in [4.78, 5) is 11.7. The van der Waals surface area contributed by atoms with E-state index in [4.69, 9.17) is 0 Å². The molecule has 0 atom stereocenters. The van der Waals surface area contributed by atoms with Crippen LogP contribution in [0.4, 0.5) is 0 Å². The highest BCUT2D eigenvalue weighted by Gasteiger charge is 2.17. The van der Waals surface area contributed by atoms with E-state index in [0.29, 0.717) is 12.2 Å². The fourth-order valence-electron chi connectivity index (χ4n) is 1.76. The molecule has 17 heavy (non-hydrogen) atoms. The molecule has 0 fully saturated rings. The molecule has 0 spiro atoms. The topological polar surface area (TPSA) is 34.0 Å². The van der Waals surface area contributed by atoms with Crippen LogP contribution in [0.2, 0.25) is 0 Å². The molecule has 0 aromatic carbocycles. The molecule has 3 heteroatoms. The van der Waals surface area contributed by atoms with Gasteiger partial charge in [-0.25, -0.2) is 0 Å². The zero-order valence-corrected chi connectivity index (χ0v) is 10.9. The van der Waals surface area contributed by atoms with Gasteiger partial charge in [-0.2, -0.15) is 0 Å². The second-order valence-corrected chi connectivity index (χ2v) is 3.61. The van der Waals surface area contributed by atoms with Crippen LogP contribution in [0.15, 0.2) is 36.1 Å². The second kappa shape index (κ2) is 6.09. The summed E-state index contributed by atoms with van der Waals surface area (Å²) >= 11 is 0. The Morgan fingerprint density at radius 3 is 2.76 bits per heavy atom. The molecule has 1 N–H and O–H groups in total. The number of nitrogens with one attached hydrogen (secondary N) is 1. The standard InChI is InChI=1S/C12H14N2O.C2H6/c1-3-5-10-9(2)8-13-12(15)11-6-4-7-14(10)11;1-2/h3-7H,8H2,1-2H3,(H,13,15);1-2H3/b5-3-;. The number of allylic oxidation sites excluding steroid dienone is 3. The van der Waals surface area contributed by atoms with Crippen LogP contribution in [0, 0.1) is 0 Å². The number of amides is 1. The van der Waals surface area contributed by atoms with E-state index in [9.17, 15) is 4.79 Å². The van der Waals surface area contributed by atoms with E-state index in [2.05, 4.69) is 5.32 Å². The predicted molar refractivity (Wildman–Crippen MR) is 71.8 cm³/mol. The number of carbonyl (C=O) groups is 1. The van der Waals surface area contributed by atoms with Crippen molar-refractivity contribution in [2.75, 3.05) is 6.54 Å². The summed E-state index contributed by atoms with van der Waals surface area (Å²) in [6, 6.07) is 3.72. The van der Waals surface area contributed by atoms with Crippen LogP contribution < -0.4 is 5.32 Å². The van der Waals surface area contributed by atoms with E-state index in [-0.39, 0.29) is 5.91 Å². The van der Waals surface area contributed by atoms with Crippen LogP contribution in [-0.2, 0) is 0 Å². The molecule has 0 saturated carbocycles. The number of hydrogen-bond donors (Lipinski definition) is 1. The second-order valence-electron chi connectivity index (χ2n) is 3.61. The van der Waals surface area contributed by atoms with E-state index < -0.39 is 0 Å². The summed E-state index contributed by atoms with van der Waals surface area (Å²) in [5.41, 5.74) is 2.94. The van der Waals surface area contributed by atoms with Gasteiger partial charge in [0.25, 0.3) is 5.91 Å². The Balaban J connectivity index is 0.000000686. The minimum Gasteiger partial charge on any atom is -0.347 e. The molecule has 1 aliphatic heterocycles. The molecule has 0 bridgehead atoms. The maximum absolute atomic E-state index is 11.7. The molecule has 1 amide bonds. The van der Waals surface area contributed by atoms with Gasteiger partial charge in [-0.15, -0.1) is 0 Å². The van der Waals surface area contributed by atoms with E-state index >= 15 is 0 Å². The highest BCUT2D eigenvalue weighted by molar-refractivity contribution is 5.95. The molecule has 0 saturated heterocycles. The van der Waals surface area contributed by atoms with E-state index in [1.54, 1.807) is 0 Å². The molecule has 92 valence electrons. The van der Waals surface area contributed by atoms with Gasteiger partial charge in [0.15, 0.2) is 0 Å². The number of carbonyl (C=O) groups excluding carboxylic acids is 1. The van der Waals surface area contributed by atoms with Crippen molar-refractivity contribution in [1.82, 2.24) is 9.88 Å². The van der Waals surface area contributed by atoms with Gasteiger partial charge in [0.05, 0.1) is 0 Å². The lowest BCUT2D eigenvalue weighted by Gasteiger charge is -2.07. The van der Waals surface area contributed by atoms with Crippen molar-refractivity contribution < 1.29 is 4.79 Å². The smallest absolute Gasteiger partial charge is 0.268 e. The Kier molecular flexibility index (Phi) is 4.76. The molecule has 3 nitrogen and oxygen atoms in total. The third kappa shape index (κ3) is 2.67. The zero-order valence-electron chi connectivity index (χ0n) is 10.9. The molecule has 1 aromatic rings. The van der Waals surface area contributed by atoms with Gasteiger partial charge in [0.1, 0.15) is 5.69 Å². The summed E-state index contributed by atoms with van der Waals surface area (Å²) in [6.07, 6.45) is 5.93. The summed E-state index contributed by atoms with van der Waals surface area (Å²) < 4.78 is 1.93. The minimum absolute atomic E-state index is 0.0150. The Morgan fingerprint density at radius 2 is 2.12 bits per heavy atom. The predicted octanol–water partition coefficient (Wildman–Crippen LogP) is 3.06. The highest BCUT2D eigenvalue weighted by atomic mass is 16.1. The molecule has 1 aromatic heterocycles. The van der Waals surface area contributed by atoms with Crippen LogP contribution in [0.1, 0.15) is 38.2 Å². The van der Waals surface area contributed by atoms with Gasteiger partial charge in [0.2, 0.25) is 0 Å². The summed E-state index contributed by atoms with van der Waals surface area (Å²) in [6.45, 7) is 8.62. The maximum atomic E-state index is 11.7. The Bertz CT molecular complexity index is 453. The average Bonchev–Trinajstić information content (AvgIpc) is 2.80. The Labute approximate surface area is 103 Å². The quantitative estimate of drug-likeness (QED) is 0.793. The molecular formula is C14H20N2O. The molecule has 2 heterocycles. The largest absolute Gasteiger partial charge is 0.347 e. The van der Waals surface area contributed by atoms with Crippen molar-refractivity contribution in [3.63, 3.8) is 0 Å². The van der Waals surface area contributed by atoms with Gasteiger partial charge < -0.3 is 9.88 Å². The fraction of sp³-hybridized carbons (Fsp3) is 0.357. The van der Waals surface area contributed by atoms with Gasteiger partial charge in [-0.05, 0) is 37.6 Å². The lowest BCUT2D eigenvalue weighted by Crippen LogP contribution is -2.24. The van der Waals surface area contributed by atoms with E-state index in [0.717, 1.165) is 11.3 Å². The van der Waals surface area contributed by atoms with Crippen LogP contribution in [0.3, 0.4) is 0 Å². The fourth-order valence-corrected chi connectivity index (χ4v) is 1.76. The van der Waals surface area contributed by atoms with Crippen molar-refractivity contribution in [2.45, 2.75) is 27.7 Å². The van der Waals surface area contributed by atoms with Crippen molar-refractivity contribution in [3.8, 4) is 0 Å². The lowest BCUT2D eigenvalue weighted by molar-refractivity contribution is 0.0952. The molecule has 0 unspecified atom stereocenters.